The van der Waals surface area contributed by atoms with Crippen molar-refractivity contribution >= 4 is 44.9 Å². The van der Waals surface area contributed by atoms with Gasteiger partial charge in [-0.1, -0.05) is 76.4 Å². The third kappa shape index (κ3) is 9.03. The van der Waals surface area contributed by atoms with Crippen LogP contribution in [-0.4, -0.2) is 95.7 Å². The number of nitrogens with zero attached hydrogens (tertiary/aromatic N) is 3. The van der Waals surface area contributed by atoms with Crippen LogP contribution in [0.1, 0.15) is 84.1 Å². The van der Waals surface area contributed by atoms with E-state index in [2.05, 4.69) is 10.6 Å². The first-order valence-corrected chi connectivity index (χ1v) is 21.5. The molecular formula is C41H50F2N6O8S. The largest absolute Gasteiger partial charge is 0.471 e. The molecule has 0 spiro atoms. The molecule has 7 rings (SSSR count). The van der Waals surface area contributed by atoms with Crippen LogP contribution in [-0.2, 0) is 35.6 Å². The van der Waals surface area contributed by atoms with Crippen molar-refractivity contribution < 1.29 is 45.9 Å². The summed E-state index contributed by atoms with van der Waals surface area (Å²) in [6, 6.07) is 12.6. The summed E-state index contributed by atoms with van der Waals surface area (Å²) < 4.78 is 67.8. The number of carbonyl (C=O) groups is 4. The van der Waals surface area contributed by atoms with Gasteiger partial charge >= 0.3 is 6.09 Å². The molecule has 1 saturated heterocycles. The van der Waals surface area contributed by atoms with Crippen LogP contribution in [0.2, 0.25) is 0 Å². The van der Waals surface area contributed by atoms with Crippen molar-refractivity contribution in [2.24, 2.45) is 11.3 Å². The van der Waals surface area contributed by atoms with Crippen molar-refractivity contribution in [3.63, 3.8) is 0 Å². The van der Waals surface area contributed by atoms with Crippen molar-refractivity contribution in [2.45, 2.75) is 120 Å². The molecule has 4 amide bonds. The molecule has 2 saturated carbocycles. The van der Waals surface area contributed by atoms with Crippen molar-refractivity contribution in [2.75, 3.05) is 13.2 Å². The molecule has 3 N–H and O–H groups in total. The summed E-state index contributed by atoms with van der Waals surface area (Å²) in [4.78, 5) is 66.6. The SMILES string of the molecule is CC(C)(C)[C@@H]1NC(=O)OCCCCCCCc2ccc3nc(-c4ccccc4)c(nc3c2)O[C@@H]2C[C@@H](C(=O)N[C@@]3(C(=O)NS(=O)(=O)C4CC4)C[C@H]3C(F)F)N(C2)C1=O. The minimum atomic E-state index is -4.14. The monoisotopic (exact) mass is 824 g/mol. The molecular weight excluding hydrogens is 775 g/mol. The number of ether oxygens (including phenoxy) is 2. The number of carbonyl (C=O) groups excluding carboxylic acids is 4. The number of cyclic esters (lactones) is 1. The fourth-order valence-electron chi connectivity index (χ4n) is 7.78. The van der Waals surface area contributed by atoms with Gasteiger partial charge in [0.25, 0.3) is 5.91 Å². The second-order valence-electron chi connectivity index (χ2n) is 16.9. The van der Waals surface area contributed by atoms with E-state index in [1.54, 1.807) is 20.8 Å². The summed E-state index contributed by atoms with van der Waals surface area (Å²) in [5, 5.41) is 4.31. The van der Waals surface area contributed by atoms with Gasteiger partial charge < -0.3 is 25.0 Å². The van der Waals surface area contributed by atoms with E-state index in [0.717, 1.165) is 37.7 Å². The van der Waals surface area contributed by atoms with Crippen molar-refractivity contribution in [3.8, 4) is 17.1 Å². The lowest BCUT2D eigenvalue weighted by molar-refractivity contribution is -0.143. The van der Waals surface area contributed by atoms with E-state index in [4.69, 9.17) is 19.4 Å². The van der Waals surface area contributed by atoms with Crippen LogP contribution in [0.15, 0.2) is 48.5 Å². The Hall–Kier alpha value is -4.93. The first-order chi connectivity index (χ1) is 27.6. The van der Waals surface area contributed by atoms with Gasteiger partial charge in [0.05, 0.1) is 35.4 Å². The highest BCUT2D eigenvalue weighted by molar-refractivity contribution is 7.91. The molecule has 3 fully saturated rings. The first-order valence-electron chi connectivity index (χ1n) is 20.0. The summed E-state index contributed by atoms with van der Waals surface area (Å²) in [6.45, 7) is 5.15. The second-order valence-corrected chi connectivity index (χ2v) is 18.9. The Balaban J connectivity index is 1.25. The standard InChI is InChI=1S/C41H50F2N6O8S/c1-40(2,3)33-37(51)49-23-26(21-31(49)35(50)47-41(22-28(41)34(42)43)38(52)48-58(54,55)27-16-17-27)57-36-32(25-13-9-7-10-14-25)44-29-18-15-24(20-30(29)45-36)12-8-5-4-6-11-19-56-39(53)46-33/h7,9-10,13-15,18,20,26-28,31,33-34H,4-6,8,11-12,16-17,19,21-23H2,1-3H3,(H,46,53)(H,47,50)(H,48,52)/t26-,28+,31+,33-,41+/m1/s1. The maximum Gasteiger partial charge on any atom is 0.407 e. The number of aromatic nitrogens is 2. The molecule has 2 aliphatic carbocycles. The number of aryl methyl sites for hydroxylation is 1. The maximum absolute atomic E-state index is 14.6. The van der Waals surface area contributed by atoms with Crippen molar-refractivity contribution in [3.05, 3.63) is 54.1 Å². The van der Waals surface area contributed by atoms with Crippen LogP contribution >= 0.6 is 0 Å². The average molecular weight is 825 g/mol. The summed E-state index contributed by atoms with van der Waals surface area (Å²) in [6.07, 6.45) is 0.376. The lowest BCUT2D eigenvalue weighted by atomic mass is 9.85. The summed E-state index contributed by atoms with van der Waals surface area (Å²) in [5.74, 6) is -4.39. The van der Waals surface area contributed by atoms with Gasteiger partial charge in [0.2, 0.25) is 34.1 Å². The van der Waals surface area contributed by atoms with E-state index in [0.29, 0.717) is 41.6 Å². The molecule has 3 heterocycles. The number of halogens is 2. The number of sulfonamides is 1. The van der Waals surface area contributed by atoms with Gasteiger partial charge in [0.15, 0.2) is 0 Å². The number of fused-ring (bicyclic) bond motifs is 4. The number of nitrogens with one attached hydrogen (secondary N) is 3. The first kappa shape index (κ1) is 41.2. The van der Waals surface area contributed by atoms with E-state index >= 15 is 0 Å². The summed E-state index contributed by atoms with van der Waals surface area (Å²) in [7, 11) is -4.14. The minimum Gasteiger partial charge on any atom is -0.471 e. The Morgan fingerprint density at radius 1 is 0.983 bits per heavy atom. The van der Waals surface area contributed by atoms with Gasteiger partial charge in [-0.3, -0.25) is 19.1 Å². The fourth-order valence-corrected chi connectivity index (χ4v) is 9.14. The molecule has 14 nitrogen and oxygen atoms in total. The molecule has 5 atom stereocenters. The number of alkyl halides is 2. The van der Waals surface area contributed by atoms with E-state index in [9.17, 15) is 36.4 Å². The third-order valence-corrected chi connectivity index (χ3v) is 13.2. The molecule has 58 heavy (non-hydrogen) atoms. The van der Waals surface area contributed by atoms with Gasteiger partial charge in [-0.2, -0.15) is 0 Å². The highest BCUT2D eigenvalue weighted by Crippen LogP contribution is 2.48. The number of hydrogen-bond acceptors (Lipinski definition) is 10. The Kier molecular flexibility index (Phi) is 11.6. The average Bonchev–Trinajstić information content (AvgIpc) is 4.11. The van der Waals surface area contributed by atoms with Gasteiger partial charge in [0, 0.05) is 12.0 Å². The van der Waals surface area contributed by atoms with Crippen LogP contribution in [0.5, 0.6) is 5.88 Å². The zero-order valence-corrected chi connectivity index (χ0v) is 33.7. The number of benzene rings is 2. The molecule has 0 unspecified atom stereocenters. The molecule has 312 valence electrons. The van der Waals surface area contributed by atoms with Crippen LogP contribution in [0.4, 0.5) is 13.6 Å². The predicted molar refractivity (Wildman–Crippen MR) is 209 cm³/mol. The highest BCUT2D eigenvalue weighted by atomic mass is 32.2. The number of amides is 4. The molecule has 2 aliphatic heterocycles. The summed E-state index contributed by atoms with van der Waals surface area (Å²) >= 11 is 0. The normalized spacial score (nSPS) is 26.1. The second kappa shape index (κ2) is 16.4. The van der Waals surface area contributed by atoms with Gasteiger partial charge in [-0.15, -0.1) is 0 Å². The predicted octanol–water partition coefficient (Wildman–Crippen LogP) is 5.04. The molecule has 0 radical (unpaired) electrons. The Bertz CT molecular complexity index is 2170. The Morgan fingerprint density at radius 3 is 2.40 bits per heavy atom. The van der Waals surface area contributed by atoms with E-state index in [1.807, 2.05) is 53.3 Å². The van der Waals surface area contributed by atoms with Crippen molar-refractivity contribution in [1.29, 1.82) is 0 Å². The van der Waals surface area contributed by atoms with Crippen molar-refractivity contribution in [1.82, 2.24) is 30.2 Å². The van der Waals surface area contributed by atoms with Gasteiger partial charge in [-0.25, -0.2) is 32.0 Å². The quantitative estimate of drug-likeness (QED) is 0.292. The Labute approximate surface area is 336 Å². The van der Waals surface area contributed by atoms with Crippen LogP contribution in [0.25, 0.3) is 22.3 Å². The molecule has 2 aromatic carbocycles. The smallest absolute Gasteiger partial charge is 0.407 e. The van der Waals surface area contributed by atoms with Crippen LogP contribution in [0.3, 0.4) is 0 Å². The van der Waals surface area contributed by atoms with Crippen LogP contribution < -0.4 is 20.1 Å². The van der Waals surface area contributed by atoms with E-state index in [1.165, 1.54) is 4.90 Å². The number of rotatable bonds is 7. The van der Waals surface area contributed by atoms with Gasteiger partial charge in [0.1, 0.15) is 29.4 Å². The minimum absolute atomic E-state index is 0.141. The van der Waals surface area contributed by atoms with Crippen LogP contribution in [0, 0.1) is 11.3 Å². The molecule has 4 aliphatic rings. The van der Waals surface area contributed by atoms with E-state index < -0.39 is 87.0 Å². The summed E-state index contributed by atoms with van der Waals surface area (Å²) in [5.41, 5.74) is 0.304. The van der Waals surface area contributed by atoms with E-state index in [-0.39, 0.29) is 25.5 Å². The van der Waals surface area contributed by atoms with Gasteiger partial charge in [-0.05, 0) is 61.6 Å². The lowest BCUT2D eigenvalue weighted by Gasteiger charge is -2.35. The molecule has 1 aromatic heterocycles. The third-order valence-electron chi connectivity index (χ3n) is 11.4. The zero-order chi connectivity index (χ0) is 41.4. The number of hydrogen-bond donors (Lipinski definition) is 3. The maximum atomic E-state index is 14.6. The Morgan fingerprint density at radius 2 is 1.71 bits per heavy atom. The molecule has 17 heteroatoms. The topological polar surface area (TPSA) is 186 Å². The highest BCUT2D eigenvalue weighted by Gasteiger charge is 2.67. The zero-order valence-electron chi connectivity index (χ0n) is 32.8. The number of alkyl carbamates (subject to hydrolysis) is 1. The molecule has 5 bridgehead atoms. The lowest BCUT2D eigenvalue weighted by Crippen LogP contribution is -2.60. The molecule has 3 aromatic rings. The fraction of sp³-hybridized carbons (Fsp3) is 0.561.